The van der Waals surface area contributed by atoms with Gasteiger partial charge >= 0.3 is 0 Å². The number of rotatable bonds is 0. The van der Waals surface area contributed by atoms with Crippen LogP contribution >= 0.6 is 0 Å². The minimum atomic E-state index is -0.480. The maximum absolute atomic E-state index is 13.2. The monoisotopic (exact) mass is 584 g/mol. The van der Waals surface area contributed by atoms with Gasteiger partial charge in [0.2, 0.25) is 0 Å². The van der Waals surface area contributed by atoms with Crippen LogP contribution in [0.4, 0.5) is 11.4 Å². The van der Waals surface area contributed by atoms with Crippen molar-refractivity contribution in [1.29, 1.82) is 10.5 Å². The molecule has 3 aromatic carbocycles. The summed E-state index contributed by atoms with van der Waals surface area (Å²) >= 11 is 0. The Bertz CT molecular complexity index is 1540. The van der Waals surface area contributed by atoms with Gasteiger partial charge in [0.15, 0.2) is 0 Å². The summed E-state index contributed by atoms with van der Waals surface area (Å²) in [6.07, 6.45) is 6.28. The van der Waals surface area contributed by atoms with Crippen molar-refractivity contribution in [1.82, 2.24) is 10.6 Å². The molecule has 8 heteroatoms. The second kappa shape index (κ2) is 13.8. The van der Waals surface area contributed by atoms with Crippen LogP contribution in [0.3, 0.4) is 0 Å². The highest BCUT2D eigenvalue weighted by Crippen LogP contribution is 2.23. The SMILES string of the molecule is CN1Cc2cccc(c2)CN(C)c2ccc(cc2)/C=C(/C#N)C(=O)NC2CCCCC2NC(=O)/C(C#N)=C\c2ccc1cc2. The fraction of sp³-hybridized carbons (Fsp3) is 0.278. The first-order chi connectivity index (χ1) is 21.3. The first-order valence-corrected chi connectivity index (χ1v) is 14.9. The number of hydrogen-bond donors (Lipinski definition) is 2. The lowest BCUT2D eigenvalue weighted by molar-refractivity contribution is -0.120. The van der Waals surface area contributed by atoms with Gasteiger partial charge < -0.3 is 20.4 Å². The topological polar surface area (TPSA) is 112 Å². The van der Waals surface area contributed by atoms with E-state index in [4.69, 9.17) is 0 Å². The highest BCUT2D eigenvalue weighted by Gasteiger charge is 2.29. The van der Waals surface area contributed by atoms with Crippen molar-refractivity contribution >= 4 is 35.3 Å². The van der Waals surface area contributed by atoms with E-state index in [2.05, 4.69) is 44.7 Å². The van der Waals surface area contributed by atoms with Crippen molar-refractivity contribution in [2.75, 3.05) is 23.9 Å². The van der Waals surface area contributed by atoms with Crippen molar-refractivity contribution in [2.45, 2.75) is 50.9 Å². The molecule has 222 valence electrons. The smallest absolute Gasteiger partial charge is 0.262 e. The quantitative estimate of drug-likeness (QED) is 0.369. The number of nitrogens with zero attached hydrogens (tertiary/aromatic N) is 4. The Morgan fingerprint density at radius 2 is 1.07 bits per heavy atom. The summed E-state index contributed by atoms with van der Waals surface area (Å²) in [6.45, 7) is 1.44. The van der Waals surface area contributed by atoms with E-state index in [1.807, 2.05) is 74.8 Å². The lowest BCUT2D eigenvalue weighted by atomic mass is 9.89. The lowest BCUT2D eigenvalue weighted by Gasteiger charge is -2.32. The largest absolute Gasteiger partial charge is 0.370 e. The lowest BCUT2D eigenvalue weighted by Crippen LogP contribution is -2.53. The Hall–Kier alpha value is -5.34. The molecule has 44 heavy (non-hydrogen) atoms. The normalized spacial score (nSPS) is 22.0. The second-order valence-electron chi connectivity index (χ2n) is 11.5. The highest BCUT2D eigenvalue weighted by atomic mass is 16.2. The number of benzene rings is 3. The molecular weight excluding hydrogens is 548 g/mol. The Morgan fingerprint density at radius 1 is 0.659 bits per heavy atom. The Labute approximate surface area is 258 Å². The minimum absolute atomic E-state index is 0.00452. The molecule has 2 N–H and O–H groups in total. The Balaban J connectivity index is 1.48. The molecule has 2 atom stereocenters. The van der Waals surface area contributed by atoms with E-state index in [1.165, 1.54) is 11.1 Å². The molecule has 0 radical (unpaired) electrons. The predicted octanol–water partition coefficient (Wildman–Crippen LogP) is 5.33. The van der Waals surface area contributed by atoms with Crippen molar-refractivity contribution in [3.63, 3.8) is 0 Å². The van der Waals surface area contributed by atoms with Gasteiger partial charge in [0.1, 0.15) is 23.3 Å². The van der Waals surface area contributed by atoms with Crippen LogP contribution in [0.15, 0.2) is 83.9 Å². The van der Waals surface area contributed by atoms with Gasteiger partial charge in [-0.25, -0.2) is 0 Å². The zero-order valence-electron chi connectivity index (χ0n) is 25.1. The Morgan fingerprint density at radius 3 is 1.45 bits per heavy atom. The van der Waals surface area contributed by atoms with E-state index in [-0.39, 0.29) is 23.2 Å². The predicted molar refractivity (Wildman–Crippen MR) is 173 cm³/mol. The van der Waals surface area contributed by atoms with Crippen LogP contribution in [-0.4, -0.2) is 38.0 Å². The number of nitrogens with one attached hydrogen (secondary N) is 2. The molecule has 0 aromatic heterocycles. The maximum atomic E-state index is 13.2. The third kappa shape index (κ3) is 7.35. The molecule has 5 aliphatic rings. The van der Waals surface area contributed by atoms with Gasteiger partial charge in [-0.05, 0) is 71.5 Å². The average Bonchev–Trinajstić information content (AvgIpc) is 3.03. The molecular formula is C36H36N6O2. The fourth-order valence-electron chi connectivity index (χ4n) is 5.81. The fourth-order valence-corrected chi connectivity index (χ4v) is 5.81. The van der Waals surface area contributed by atoms with Crippen LogP contribution in [-0.2, 0) is 22.7 Å². The van der Waals surface area contributed by atoms with E-state index in [1.54, 1.807) is 12.2 Å². The summed E-state index contributed by atoms with van der Waals surface area (Å²) in [4.78, 5) is 30.7. The van der Waals surface area contributed by atoms with E-state index >= 15 is 0 Å². The molecule has 6 bridgehead atoms. The molecule has 4 heterocycles. The molecule has 0 spiro atoms. The molecule has 3 aromatic rings. The molecule has 4 aliphatic heterocycles. The highest BCUT2D eigenvalue weighted by molar-refractivity contribution is 6.03. The van der Waals surface area contributed by atoms with Crippen LogP contribution in [0.25, 0.3) is 12.2 Å². The first-order valence-electron chi connectivity index (χ1n) is 14.9. The third-order valence-electron chi connectivity index (χ3n) is 8.25. The van der Waals surface area contributed by atoms with E-state index in [0.717, 1.165) is 48.4 Å². The van der Waals surface area contributed by atoms with Crippen molar-refractivity contribution in [3.8, 4) is 12.1 Å². The number of nitriles is 2. The molecule has 0 saturated heterocycles. The summed E-state index contributed by atoms with van der Waals surface area (Å²) in [5.74, 6) is -0.960. The molecule has 2 unspecified atom stereocenters. The average molecular weight is 585 g/mol. The summed E-state index contributed by atoms with van der Waals surface area (Å²) in [6, 6.07) is 27.4. The third-order valence-corrected chi connectivity index (χ3v) is 8.25. The van der Waals surface area contributed by atoms with E-state index in [9.17, 15) is 20.1 Å². The number of carbonyl (C=O) groups is 2. The van der Waals surface area contributed by atoms with Crippen LogP contribution in [0, 0.1) is 22.7 Å². The van der Waals surface area contributed by atoms with E-state index < -0.39 is 11.8 Å². The zero-order chi connectivity index (χ0) is 31.1. The summed E-state index contributed by atoms with van der Waals surface area (Å²) in [5.41, 5.74) is 5.88. The van der Waals surface area contributed by atoms with Gasteiger partial charge in [0.05, 0.1) is 0 Å². The molecule has 2 amide bonds. The molecule has 1 saturated carbocycles. The summed E-state index contributed by atoms with van der Waals surface area (Å²) in [7, 11) is 4.08. The van der Waals surface area contributed by atoms with Crippen LogP contribution in [0.2, 0.25) is 0 Å². The van der Waals surface area contributed by atoms with Gasteiger partial charge in [-0.2, -0.15) is 10.5 Å². The first kappa shape index (κ1) is 30.1. The van der Waals surface area contributed by atoms with Crippen molar-refractivity contribution in [2.24, 2.45) is 0 Å². The number of amides is 2. The minimum Gasteiger partial charge on any atom is -0.370 e. The van der Waals surface area contributed by atoms with Gasteiger partial charge in [-0.1, -0.05) is 61.4 Å². The van der Waals surface area contributed by atoms with Crippen molar-refractivity contribution < 1.29 is 9.59 Å². The van der Waals surface area contributed by atoms with Gasteiger partial charge in [0, 0.05) is 50.6 Å². The Kier molecular flexibility index (Phi) is 9.42. The van der Waals surface area contributed by atoms with Gasteiger partial charge in [-0.3, -0.25) is 9.59 Å². The molecule has 1 aliphatic carbocycles. The van der Waals surface area contributed by atoms with Crippen LogP contribution in [0.5, 0.6) is 0 Å². The van der Waals surface area contributed by atoms with E-state index in [0.29, 0.717) is 12.8 Å². The zero-order valence-corrected chi connectivity index (χ0v) is 25.1. The summed E-state index contributed by atoms with van der Waals surface area (Å²) < 4.78 is 0. The maximum Gasteiger partial charge on any atom is 0.262 e. The molecule has 8 rings (SSSR count). The number of anilines is 2. The van der Waals surface area contributed by atoms with Crippen LogP contribution in [0.1, 0.15) is 47.9 Å². The molecule has 1 fully saturated rings. The molecule has 8 nitrogen and oxygen atoms in total. The second-order valence-corrected chi connectivity index (χ2v) is 11.5. The van der Waals surface area contributed by atoms with Crippen LogP contribution < -0.4 is 20.4 Å². The number of carbonyl (C=O) groups excluding carboxylic acids is 2. The standard InChI is InChI=1S/C36H36N6O2/c1-41-23-27-6-5-7-28(18-27)24-42(2)32-16-12-26(13-17-32)20-30(22-38)36(44)40-34-9-4-3-8-33(34)39-35(43)29(21-37)19-25-10-14-31(41)15-11-25/h5-7,10-20,33-34H,3-4,8-9,23-24H2,1-2H3,(H,39,43)(H,40,44)/b29-19-,30-20-. The van der Waals surface area contributed by atoms with Gasteiger partial charge in [0.25, 0.3) is 11.8 Å². The number of hydrogen-bond acceptors (Lipinski definition) is 6. The van der Waals surface area contributed by atoms with Crippen molar-refractivity contribution in [3.05, 3.63) is 106 Å². The summed E-state index contributed by atoms with van der Waals surface area (Å²) in [5, 5.41) is 25.6. The van der Waals surface area contributed by atoms with Gasteiger partial charge in [-0.15, -0.1) is 0 Å².